The molecule has 2 rings (SSSR count). The molecule has 0 aliphatic heterocycles. The molecule has 0 atom stereocenters. The van der Waals surface area contributed by atoms with Gasteiger partial charge in [-0.25, -0.2) is 4.79 Å². The largest absolute Gasteiger partial charge is 0.478 e. The predicted octanol–water partition coefficient (Wildman–Crippen LogP) is 2.32. The molecular weight excluding hydrogens is 244 g/mol. The van der Waals surface area contributed by atoms with Gasteiger partial charge in [0.2, 0.25) is 0 Å². The number of carboxylic acids is 1. The van der Waals surface area contributed by atoms with Crippen LogP contribution in [0.25, 0.3) is 0 Å². The normalized spacial score (nSPS) is 16.1. The number of pyridine rings is 1. The lowest BCUT2D eigenvalue weighted by molar-refractivity contribution is 0.0697. The van der Waals surface area contributed by atoms with E-state index in [-0.39, 0.29) is 11.0 Å². The molecule has 0 amide bonds. The number of aromatic nitrogens is 1. The van der Waals surface area contributed by atoms with Gasteiger partial charge >= 0.3 is 5.97 Å². The average Bonchev–Trinajstić information content (AvgIpc) is 3.14. The van der Waals surface area contributed by atoms with E-state index in [9.17, 15) is 4.79 Å². The van der Waals surface area contributed by atoms with E-state index in [4.69, 9.17) is 9.84 Å². The Labute approximate surface area is 113 Å². The zero-order valence-corrected chi connectivity index (χ0v) is 11.4. The summed E-state index contributed by atoms with van der Waals surface area (Å²) < 4.78 is 5.12. The van der Waals surface area contributed by atoms with Gasteiger partial charge in [-0.05, 0) is 37.7 Å². The molecule has 1 fully saturated rings. The maximum Gasteiger partial charge on any atom is 0.339 e. The molecule has 1 aromatic rings. The highest BCUT2D eigenvalue weighted by atomic mass is 16.5. The summed E-state index contributed by atoms with van der Waals surface area (Å²) in [6.07, 6.45) is 4.78. The molecule has 5 nitrogen and oxygen atoms in total. The molecule has 0 unspecified atom stereocenters. The van der Waals surface area contributed by atoms with Crippen molar-refractivity contribution in [2.75, 3.05) is 25.6 Å². The number of rotatable bonds is 7. The topological polar surface area (TPSA) is 71.5 Å². The molecule has 1 aromatic heterocycles. The summed E-state index contributed by atoms with van der Waals surface area (Å²) in [5.74, 6) is -0.947. The standard InChI is InChI=1S/C14H20N2O3/c1-10-7-12(11(8-15-10)13(17)18)16-9-14(3-4-14)5-6-19-2/h7-8H,3-6,9H2,1-2H3,(H,15,16)(H,17,18). The van der Waals surface area contributed by atoms with E-state index < -0.39 is 5.97 Å². The summed E-state index contributed by atoms with van der Waals surface area (Å²) in [5, 5.41) is 12.4. The lowest BCUT2D eigenvalue weighted by Crippen LogP contribution is -2.19. The molecule has 1 aliphatic rings. The fraction of sp³-hybridized carbons (Fsp3) is 0.571. The van der Waals surface area contributed by atoms with Crippen LogP contribution in [0.2, 0.25) is 0 Å². The van der Waals surface area contributed by atoms with Crippen LogP contribution in [0.1, 0.15) is 35.3 Å². The Morgan fingerprint density at radius 3 is 2.89 bits per heavy atom. The Balaban J connectivity index is 2.03. The Morgan fingerprint density at radius 2 is 2.32 bits per heavy atom. The molecule has 1 saturated carbocycles. The zero-order chi connectivity index (χ0) is 13.9. The van der Waals surface area contributed by atoms with E-state index in [1.54, 1.807) is 13.2 Å². The van der Waals surface area contributed by atoms with Crippen LogP contribution in [-0.4, -0.2) is 36.3 Å². The van der Waals surface area contributed by atoms with E-state index >= 15 is 0 Å². The molecule has 1 heterocycles. The number of nitrogens with one attached hydrogen (secondary N) is 1. The van der Waals surface area contributed by atoms with Crippen LogP contribution in [0.5, 0.6) is 0 Å². The smallest absolute Gasteiger partial charge is 0.339 e. The molecule has 19 heavy (non-hydrogen) atoms. The summed E-state index contributed by atoms with van der Waals surface area (Å²) in [6, 6.07) is 1.79. The molecule has 0 spiro atoms. The number of hydrogen-bond donors (Lipinski definition) is 2. The predicted molar refractivity (Wildman–Crippen MR) is 72.6 cm³/mol. The molecule has 0 bridgehead atoms. The second-order valence-electron chi connectivity index (χ2n) is 5.27. The summed E-state index contributed by atoms with van der Waals surface area (Å²) in [5.41, 5.74) is 1.98. The molecule has 0 aromatic carbocycles. The van der Waals surface area contributed by atoms with Crippen molar-refractivity contribution in [1.82, 2.24) is 4.98 Å². The Kier molecular flexibility index (Phi) is 4.04. The number of hydrogen-bond acceptors (Lipinski definition) is 4. The SMILES string of the molecule is COCCC1(CNc2cc(C)ncc2C(=O)O)CC1. The number of carboxylic acid groups (broad SMARTS) is 1. The Bertz CT molecular complexity index is 470. The van der Waals surface area contributed by atoms with Crippen LogP contribution in [0, 0.1) is 12.3 Å². The van der Waals surface area contributed by atoms with Gasteiger partial charge in [0.25, 0.3) is 0 Å². The lowest BCUT2D eigenvalue weighted by atomic mass is 10.0. The minimum atomic E-state index is -0.947. The van der Waals surface area contributed by atoms with Gasteiger partial charge in [-0.3, -0.25) is 4.98 Å². The van der Waals surface area contributed by atoms with E-state index in [0.717, 1.165) is 25.3 Å². The molecule has 2 N–H and O–H groups in total. The Morgan fingerprint density at radius 1 is 1.58 bits per heavy atom. The van der Waals surface area contributed by atoms with E-state index in [0.29, 0.717) is 5.69 Å². The van der Waals surface area contributed by atoms with E-state index in [1.807, 2.05) is 6.92 Å². The second-order valence-corrected chi connectivity index (χ2v) is 5.27. The fourth-order valence-corrected chi connectivity index (χ4v) is 2.17. The highest BCUT2D eigenvalue weighted by Crippen LogP contribution is 2.48. The maximum atomic E-state index is 11.1. The minimum absolute atomic E-state index is 0.230. The monoisotopic (exact) mass is 264 g/mol. The lowest BCUT2D eigenvalue weighted by Gasteiger charge is -2.17. The first-order chi connectivity index (χ1) is 9.06. The van der Waals surface area contributed by atoms with Crippen LogP contribution in [0.4, 0.5) is 5.69 Å². The van der Waals surface area contributed by atoms with Crippen LogP contribution < -0.4 is 5.32 Å². The van der Waals surface area contributed by atoms with Crippen LogP contribution in [0.15, 0.2) is 12.3 Å². The zero-order valence-electron chi connectivity index (χ0n) is 11.4. The van der Waals surface area contributed by atoms with Crippen molar-refractivity contribution in [1.29, 1.82) is 0 Å². The van der Waals surface area contributed by atoms with Gasteiger partial charge < -0.3 is 15.2 Å². The van der Waals surface area contributed by atoms with Gasteiger partial charge in [0.15, 0.2) is 0 Å². The van der Waals surface area contributed by atoms with Crippen molar-refractivity contribution in [2.24, 2.45) is 5.41 Å². The third-order valence-electron chi connectivity index (χ3n) is 3.72. The maximum absolute atomic E-state index is 11.1. The molecule has 0 radical (unpaired) electrons. The molecule has 5 heteroatoms. The summed E-state index contributed by atoms with van der Waals surface area (Å²) in [4.78, 5) is 15.2. The Hall–Kier alpha value is -1.62. The van der Waals surface area contributed by atoms with Gasteiger partial charge in [-0.15, -0.1) is 0 Å². The quantitative estimate of drug-likeness (QED) is 0.790. The third kappa shape index (κ3) is 3.44. The first-order valence-electron chi connectivity index (χ1n) is 6.49. The van der Waals surface area contributed by atoms with Crippen LogP contribution in [-0.2, 0) is 4.74 Å². The third-order valence-corrected chi connectivity index (χ3v) is 3.72. The molecule has 0 saturated heterocycles. The van der Waals surface area contributed by atoms with Gasteiger partial charge in [-0.1, -0.05) is 0 Å². The second kappa shape index (κ2) is 5.57. The number of aryl methyl sites for hydroxylation is 1. The van der Waals surface area contributed by atoms with Crippen molar-refractivity contribution >= 4 is 11.7 Å². The van der Waals surface area contributed by atoms with Crippen molar-refractivity contribution in [3.05, 3.63) is 23.5 Å². The fourth-order valence-electron chi connectivity index (χ4n) is 2.17. The van der Waals surface area contributed by atoms with Gasteiger partial charge in [0.05, 0.1) is 5.69 Å². The summed E-state index contributed by atoms with van der Waals surface area (Å²) in [7, 11) is 1.71. The van der Waals surface area contributed by atoms with E-state index in [1.165, 1.54) is 19.0 Å². The molecule has 1 aliphatic carbocycles. The van der Waals surface area contributed by atoms with Crippen molar-refractivity contribution in [3.63, 3.8) is 0 Å². The molecule has 104 valence electrons. The van der Waals surface area contributed by atoms with Gasteiger partial charge in [0.1, 0.15) is 5.56 Å². The highest BCUT2D eigenvalue weighted by Gasteiger charge is 2.41. The van der Waals surface area contributed by atoms with Crippen LogP contribution >= 0.6 is 0 Å². The highest BCUT2D eigenvalue weighted by molar-refractivity contribution is 5.93. The first-order valence-corrected chi connectivity index (χ1v) is 6.49. The van der Waals surface area contributed by atoms with Crippen molar-refractivity contribution in [2.45, 2.75) is 26.2 Å². The number of anilines is 1. The summed E-state index contributed by atoms with van der Waals surface area (Å²) in [6.45, 7) is 3.40. The van der Waals surface area contributed by atoms with E-state index in [2.05, 4.69) is 10.3 Å². The molecular formula is C14H20N2O3. The van der Waals surface area contributed by atoms with Crippen molar-refractivity contribution in [3.8, 4) is 0 Å². The van der Waals surface area contributed by atoms with Gasteiger partial charge in [0, 0.05) is 32.2 Å². The number of nitrogens with zero attached hydrogens (tertiary/aromatic N) is 1. The number of carbonyl (C=O) groups is 1. The number of methoxy groups -OCH3 is 1. The van der Waals surface area contributed by atoms with Crippen molar-refractivity contribution < 1.29 is 14.6 Å². The average molecular weight is 264 g/mol. The first kappa shape index (κ1) is 13.8. The number of ether oxygens (including phenoxy) is 1. The number of aromatic carboxylic acids is 1. The van der Waals surface area contributed by atoms with Crippen LogP contribution in [0.3, 0.4) is 0 Å². The van der Waals surface area contributed by atoms with Gasteiger partial charge in [-0.2, -0.15) is 0 Å². The summed E-state index contributed by atoms with van der Waals surface area (Å²) >= 11 is 0. The minimum Gasteiger partial charge on any atom is -0.478 e.